The van der Waals surface area contributed by atoms with Gasteiger partial charge in [-0.2, -0.15) is 12.7 Å². The van der Waals surface area contributed by atoms with Crippen molar-refractivity contribution in [2.75, 3.05) is 7.05 Å². The molecule has 0 radical (unpaired) electrons. The maximum atomic E-state index is 10.8. The van der Waals surface area contributed by atoms with Gasteiger partial charge < -0.3 is 0 Å². The average molecular weight is 231 g/mol. The second-order valence-electron chi connectivity index (χ2n) is 2.66. The minimum Gasteiger partial charge on any atom is -0.265 e. The van der Waals surface area contributed by atoms with Crippen LogP contribution in [-0.2, 0) is 16.8 Å². The minimum absolute atomic E-state index is 0.265. The van der Waals surface area contributed by atoms with Crippen molar-refractivity contribution in [2.45, 2.75) is 20.4 Å². The van der Waals surface area contributed by atoms with Crippen molar-refractivity contribution in [3.05, 3.63) is 30.1 Å². The van der Waals surface area contributed by atoms with Gasteiger partial charge in [0.15, 0.2) is 0 Å². The van der Waals surface area contributed by atoms with Crippen molar-refractivity contribution in [1.29, 1.82) is 0 Å². The molecule has 0 bridgehead atoms. The van der Waals surface area contributed by atoms with E-state index in [1.165, 1.54) is 7.05 Å². The molecule has 0 unspecified atom stereocenters. The Morgan fingerprint density at radius 1 is 1.33 bits per heavy atom. The van der Waals surface area contributed by atoms with E-state index in [1.807, 2.05) is 13.8 Å². The highest BCUT2D eigenvalue weighted by molar-refractivity contribution is 7.86. The van der Waals surface area contributed by atoms with Gasteiger partial charge in [0.25, 0.3) is 10.2 Å². The van der Waals surface area contributed by atoms with Gasteiger partial charge in [-0.25, -0.2) is 5.14 Å². The fourth-order valence-electron chi connectivity index (χ4n) is 0.835. The Morgan fingerprint density at radius 3 is 2.20 bits per heavy atom. The summed E-state index contributed by atoms with van der Waals surface area (Å²) in [6, 6.07) is 3.48. The van der Waals surface area contributed by atoms with Crippen LogP contribution in [0.1, 0.15) is 19.4 Å². The van der Waals surface area contributed by atoms with Crippen molar-refractivity contribution in [2.24, 2.45) is 5.14 Å². The van der Waals surface area contributed by atoms with Gasteiger partial charge in [0.05, 0.1) is 0 Å². The Balaban J connectivity index is 0.000000921. The number of nitrogens with two attached hydrogens (primary N) is 1. The molecular weight excluding hydrogens is 214 g/mol. The molecule has 1 aromatic heterocycles. The zero-order valence-electron chi connectivity index (χ0n) is 9.21. The first-order chi connectivity index (χ1) is 7.00. The van der Waals surface area contributed by atoms with Crippen LogP contribution in [0.25, 0.3) is 0 Å². The highest BCUT2D eigenvalue weighted by Gasteiger charge is 2.10. The number of pyridine rings is 1. The van der Waals surface area contributed by atoms with E-state index in [-0.39, 0.29) is 6.54 Å². The molecule has 1 rings (SSSR count). The van der Waals surface area contributed by atoms with Gasteiger partial charge in [-0.15, -0.1) is 0 Å². The highest BCUT2D eigenvalue weighted by atomic mass is 32.2. The minimum atomic E-state index is -3.59. The third-order valence-electron chi connectivity index (χ3n) is 1.59. The van der Waals surface area contributed by atoms with Gasteiger partial charge in [-0.1, -0.05) is 13.8 Å². The molecule has 15 heavy (non-hydrogen) atoms. The first kappa shape index (κ1) is 14.0. The van der Waals surface area contributed by atoms with Crippen molar-refractivity contribution in [3.63, 3.8) is 0 Å². The molecule has 0 aliphatic heterocycles. The van der Waals surface area contributed by atoms with Crippen LogP contribution < -0.4 is 5.14 Å². The standard InChI is InChI=1S/C7H11N3O2S.C2H6/c1-10(13(8,11)12)6-7-2-4-9-5-3-7;1-2/h2-5H,6H2,1H3,(H2,8,11,12);1-2H3. The molecule has 0 aliphatic carbocycles. The second-order valence-corrected chi connectivity index (χ2v) is 4.31. The molecule has 0 saturated carbocycles. The molecule has 86 valence electrons. The number of hydrogen-bond acceptors (Lipinski definition) is 3. The van der Waals surface area contributed by atoms with E-state index < -0.39 is 10.2 Å². The number of hydrogen-bond donors (Lipinski definition) is 1. The van der Waals surface area contributed by atoms with Gasteiger partial charge in [-0.3, -0.25) is 4.98 Å². The van der Waals surface area contributed by atoms with Gasteiger partial charge >= 0.3 is 0 Å². The smallest absolute Gasteiger partial charge is 0.265 e. The quantitative estimate of drug-likeness (QED) is 0.833. The number of nitrogens with zero attached hydrogens (tertiary/aromatic N) is 2. The monoisotopic (exact) mass is 231 g/mol. The SMILES string of the molecule is CC.CN(Cc1ccncc1)S(N)(=O)=O. The van der Waals surface area contributed by atoms with E-state index in [2.05, 4.69) is 4.98 Å². The van der Waals surface area contributed by atoms with Crippen LogP contribution in [0.3, 0.4) is 0 Å². The first-order valence-corrected chi connectivity index (χ1v) is 6.13. The van der Waals surface area contributed by atoms with Gasteiger partial charge in [0.1, 0.15) is 0 Å². The molecule has 1 heterocycles. The van der Waals surface area contributed by atoms with Crippen LogP contribution in [0, 0.1) is 0 Å². The lowest BCUT2D eigenvalue weighted by molar-refractivity contribution is 0.468. The first-order valence-electron chi connectivity index (χ1n) is 4.63. The Bertz CT molecular complexity index is 364. The normalized spacial score (nSPS) is 10.7. The van der Waals surface area contributed by atoms with E-state index in [4.69, 9.17) is 5.14 Å². The third-order valence-corrected chi connectivity index (χ3v) is 2.59. The third kappa shape index (κ3) is 5.46. The molecule has 0 saturated heterocycles. The fraction of sp³-hybridized carbons (Fsp3) is 0.444. The average Bonchev–Trinajstić information content (AvgIpc) is 2.21. The highest BCUT2D eigenvalue weighted by Crippen LogP contribution is 2.02. The van der Waals surface area contributed by atoms with Crippen LogP contribution in [0.15, 0.2) is 24.5 Å². The van der Waals surface area contributed by atoms with E-state index in [0.29, 0.717) is 0 Å². The van der Waals surface area contributed by atoms with Crippen LogP contribution in [-0.4, -0.2) is 24.8 Å². The van der Waals surface area contributed by atoms with Crippen molar-refractivity contribution in [1.82, 2.24) is 9.29 Å². The van der Waals surface area contributed by atoms with E-state index in [1.54, 1.807) is 24.5 Å². The lowest BCUT2D eigenvalue weighted by Crippen LogP contribution is -2.32. The van der Waals surface area contributed by atoms with Crippen LogP contribution >= 0.6 is 0 Å². The summed E-state index contributed by atoms with van der Waals surface area (Å²) in [4.78, 5) is 3.82. The summed E-state index contributed by atoms with van der Waals surface area (Å²) in [6.07, 6.45) is 3.21. The van der Waals surface area contributed by atoms with Crippen LogP contribution in [0.5, 0.6) is 0 Å². The summed E-state index contributed by atoms with van der Waals surface area (Å²) < 4.78 is 22.7. The summed E-state index contributed by atoms with van der Waals surface area (Å²) in [7, 11) is -2.16. The molecule has 2 N–H and O–H groups in total. The van der Waals surface area contributed by atoms with E-state index >= 15 is 0 Å². The Hall–Kier alpha value is -0.980. The summed E-state index contributed by atoms with van der Waals surface area (Å²) >= 11 is 0. The van der Waals surface area contributed by atoms with Crippen molar-refractivity contribution in [3.8, 4) is 0 Å². The molecular formula is C9H17N3O2S. The number of rotatable bonds is 3. The molecule has 0 aliphatic rings. The van der Waals surface area contributed by atoms with Crippen LogP contribution in [0.4, 0.5) is 0 Å². The maximum Gasteiger partial charge on any atom is 0.276 e. The Kier molecular flexibility index (Phi) is 6.07. The van der Waals surface area contributed by atoms with E-state index in [9.17, 15) is 8.42 Å². The van der Waals surface area contributed by atoms with Crippen LogP contribution in [0.2, 0.25) is 0 Å². The summed E-state index contributed by atoms with van der Waals surface area (Å²) in [5.41, 5.74) is 0.853. The number of aromatic nitrogens is 1. The molecule has 0 amide bonds. The Labute approximate surface area is 91.1 Å². The lowest BCUT2D eigenvalue weighted by Gasteiger charge is -2.12. The molecule has 0 fully saturated rings. The molecule has 0 atom stereocenters. The van der Waals surface area contributed by atoms with Gasteiger partial charge in [0.2, 0.25) is 0 Å². The topological polar surface area (TPSA) is 76.3 Å². The predicted molar refractivity (Wildman–Crippen MR) is 60.2 cm³/mol. The zero-order valence-corrected chi connectivity index (χ0v) is 10.0. The zero-order chi connectivity index (χ0) is 11.9. The molecule has 6 heteroatoms. The van der Waals surface area contributed by atoms with Crippen molar-refractivity contribution < 1.29 is 8.42 Å². The maximum absolute atomic E-state index is 10.8. The summed E-state index contributed by atoms with van der Waals surface area (Å²) in [6.45, 7) is 4.27. The lowest BCUT2D eigenvalue weighted by atomic mass is 10.3. The Morgan fingerprint density at radius 2 is 1.80 bits per heavy atom. The molecule has 5 nitrogen and oxygen atoms in total. The largest absolute Gasteiger partial charge is 0.276 e. The molecule has 0 aromatic carbocycles. The van der Waals surface area contributed by atoms with Gasteiger partial charge in [-0.05, 0) is 17.7 Å². The second kappa shape index (κ2) is 6.49. The summed E-state index contributed by atoms with van der Waals surface area (Å²) in [5, 5.41) is 4.91. The van der Waals surface area contributed by atoms with Crippen molar-refractivity contribution >= 4 is 10.2 Å². The molecule has 0 spiro atoms. The predicted octanol–water partition coefficient (Wildman–Crippen LogP) is 0.743. The van der Waals surface area contributed by atoms with E-state index in [0.717, 1.165) is 9.87 Å². The fourth-order valence-corrected chi connectivity index (χ4v) is 1.16. The summed E-state index contributed by atoms with van der Waals surface area (Å²) in [5.74, 6) is 0. The van der Waals surface area contributed by atoms with Gasteiger partial charge in [0, 0.05) is 26.0 Å². The molecule has 1 aromatic rings.